The third-order valence-electron chi connectivity index (χ3n) is 1.79. The summed E-state index contributed by atoms with van der Waals surface area (Å²) in [7, 11) is 0. The molecule has 0 aliphatic carbocycles. The van der Waals surface area contributed by atoms with Gasteiger partial charge in [0.2, 0.25) is 0 Å². The van der Waals surface area contributed by atoms with Gasteiger partial charge < -0.3 is 15.6 Å². The molecule has 5 heteroatoms. The van der Waals surface area contributed by atoms with Gasteiger partial charge in [-0.3, -0.25) is 4.79 Å². The maximum atomic E-state index is 12.8. The molecule has 4 nitrogen and oxygen atoms in total. The molecule has 1 aromatic rings. The van der Waals surface area contributed by atoms with Crippen LogP contribution in [0.15, 0.2) is 18.2 Å². The molecule has 82 valence electrons. The van der Waals surface area contributed by atoms with Crippen molar-refractivity contribution in [3.05, 3.63) is 29.6 Å². The van der Waals surface area contributed by atoms with Gasteiger partial charge in [-0.25, -0.2) is 4.39 Å². The highest BCUT2D eigenvalue weighted by Gasteiger charge is 2.11. The Morgan fingerprint density at radius 1 is 1.67 bits per heavy atom. The van der Waals surface area contributed by atoms with Crippen LogP contribution in [0.25, 0.3) is 0 Å². The van der Waals surface area contributed by atoms with Crippen LogP contribution in [0.5, 0.6) is 5.75 Å². The molecular weight excluding hydrogens is 201 g/mol. The second-order valence-corrected chi connectivity index (χ2v) is 3.11. The number of halogens is 1. The van der Waals surface area contributed by atoms with Crippen LogP contribution in [-0.2, 0) is 4.79 Å². The van der Waals surface area contributed by atoms with E-state index >= 15 is 0 Å². The largest absolute Gasteiger partial charge is 0.483 e. The van der Waals surface area contributed by atoms with E-state index in [1.54, 1.807) is 0 Å². The Kier molecular flexibility index (Phi) is 3.62. The van der Waals surface area contributed by atoms with Crippen molar-refractivity contribution in [3.63, 3.8) is 0 Å². The van der Waals surface area contributed by atoms with E-state index in [0.717, 1.165) is 6.07 Å². The molecule has 1 aromatic carbocycles. The maximum Gasteiger partial charge on any atom is 0.255 e. The summed E-state index contributed by atoms with van der Waals surface area (Å²) in [5.74, 6) is -0.849. The molecule has 0 fully saturated rings. The van der Waals surface area contributed by atoms with E-state index in [9.17, 15) is 14.3 Å². The van der Waals surface area contributed by atoms with E-state index in [2.05, 4.69) is 0 Å². The Bertz CT molecular complexity index is 366. The number of carbonyl (C=O) groups is 1. The van der Waals surface area contributed by atoms with Gasteiger partial charge in [-0.05, 0) is 25.1 Å². The Hall–Kier alpha value is -1.62. The standard InChI is InChI=1S/C10H12FNO3/c1-6(13)8-4-7(11)2-3-9(8)15-5-10(12)14/h2-4,6,13H,5H2,1H3,(H2,12,14). The zero-order valence-corrected chi connectivity index (χ0v) is 8.24. The highest BCUT2D eigenvalue weighted by atomic mass is 19.1. The monoisotopic (exact) mass is 213 g/mol. The van der Waals surface area contributed by atoms with Gasteiger partial charge in [0, 0.05) is 5.56 Å². The summed E-state index contributed by atoms with van der Waals surface area (Å²) < 4.78 is 17.9. The van der Waals surface area contributed by atoms with Gasteiger partial charge >= 0.3 is 0 Å². The Morgan fingerprint density at radius 3 is 2.87 bits per heavy atom. The summed E-state index contributed by atoms with van der Waals surface area (Å²) in [6, 6.07) is 3.68. The van der Waals surface area contributed by atoms with Gasteiger partial charge in [-0.15, -0.1) is 0 Å². The van der Waals surface area contributed by atoms with E-state index in [1.807, 2.05) is 0 Å². The van der Waals surface area contributed by atoms with E-state index < -0.39 is 17.8 Å². The number of nitrogens with two attached hydrogens (primary N) is 1. The summed E-state index contributed by atoms with van der Waals surface area (Å²) >= 11 is 0. The average molecular weight is 213 g/mol. The van der Waals surface area contributed by atoms with Gasteiger partial charge in [0.1, 0.15) is 11.6 Å². The number of aliphatic hydroxyl groups excluding tert-OH is 1. The smallest absolute Gasteiger partial charge is 0.255 e. The fraction of sp³-hybridized carbons (Fsp3) is 0.300. The van der Waals surface area contributed by atoms with Crippen LogP contribution < -0.4 is 10.5 Å². The van der Waals surface area contributed by atoms with Crippen molar-refractivity contribution in [2.24, 2.45) is 5.73 Å². The van der Waals surface area contributed by atoms with E-state index in [1.165, 1.54) is 19.1 Å². The minimum absolute atomic E-state index is 0.255. The molecule has 0 spiro atoms. The second kappa shape index (κ2) is 4.75. The van der Waals surface area contributed by atoms with Crippen molar-refractivity contribution >= 4 is 5.91 Å². The van der Waals surface area contributed by atoms with Gasteiger partial charge in [-0.2, -0.15) is 0 Å². The van der Waals surface area contributed by atoms with Crippen LogP contribution in [0.4, 0.5) is 4.39 Å². The van der Waals surface area contributed by atoms with Crippen molar-refractivity contribution in [1.82, 2.24) is 0 Å². The molecule has 0 heterocycles. The van der Waals surface area contributed by atoms with Crippen LogP contribution in [0.1, 0.15) is 18.6 Å². The molecule has 1 atom stereocenters. The number of ether oxygens (including phenoxy) is 1. The van der Waals surface area contributed by atoms with Crippen LogP contribution >= 0.6 is 0 Å². The third-order valence-corrected chi connectivity index (χ3v) is 1.79. The lowest BCUT2D eigenvalue weighted by Gasteiger charge is -2.12. The molecule has 0 aliphatic heterocycles. The topological polar surface area (TPSA) is 72.6 Å². The van der Waals surface area contributed by atoms with Crippen molar-refractivity contribution in [1.29, 1.82) is 0 Å². The Balaban J connectivity index is 2.90. The van der Waals surface area contributed by atoms with Crippen LogP contribution in [-0.4, -0.2) is 17.6 Å². The highest BCUT2D eigenvalue weighted by molar-refractivity contribution is 5.75. The number of benzene rings is 1. The summed E-state index contributed by atoms with van der Waals surface area (Å²) in [6.07, 6.45) is -0.872. The highest BCUT2D eigenvalue weighted by Crippen LogP contribution is 2.25. The number of hydrogen-bond acceptors (Lipinski definition) is 3. The predicted molar refractivity (Wildman–Crippen MR) is 51.7 cm³/mol. The molecule has 1 rings (SSSR count). The number of aliphatic hydroxyl groups is 1. The average Bonchev–Trinajstić information content (AvgIpc) is 2.15. The number of hydrogen-bond donors (Lipinski definition) is 2. The maximum absolute atomic E-state index is 12.8. The lowest BCUT2D eigenvalue weighted by molar-refractivity contribution is -0.120. The van der Waals surface area contributed by atoms with Gasteiger partial charge in [-0.1, -0.05) is 0 Å². The summed E-state index contributed by atoms with van der Waals surface area (Å²) in [6.45, 7) is 1.18. The molecule has 1 amide bonds. The molecule has 0 saturated carbocycles. The minimum Gasteiger partial charge on any atom is -0.483 e. The Labute approximate surface area is 86.5 Å². The van der Waals surface area contributed by atoms with Crippen LogP contribution in [0.2, 0.25) is 0 Å². The SMILES string of the molecule is CC(O)c1cc(F)ccc1OCC(N)=O. The Morgan fingerprint density at radius 2 is 2.33 bits per heavy atom. The lowest BCUT2D eigenvalue weighted by atomic mass is 10.1. The number of amides is 1. The van der Waals surface area contributed by atoms with Crippen LogP contribution in [0.3, 0.4) is 0 Å². The van der Waals surface area contributed by atoms with Crippen molar-refractivity contribution < 1.29 is 19.0 Å². The van der Waals surface area contributed by atoms with Crippen molar-refractivity contribution in [2.75, 3.05) is 6.61 Å². The molecule has 1 unspecified atom stereocenters. The third kappa shape index (κ3) is 3.21. The zero-order valence-electron chi connectivity index (χ0n) is 8.24. The lowest BCUT2D eigenvalue weighted by Crippen LogP contribution is -2.20. The quantitative estimate of drug-likeness (QED) is 0.774. The van der Waals surface area contributed by atoms with Crippen molar-refractivity contribution in [3.8, 4) is 5.75 Å². The molecule has 15 heavy (non-hydrogen) atoms. The molecule has 0 bridgehead atoms. The molecule has 0 saturated heterocycles. The van der Waals surface area contributed by atoms with E-state index in [4.69, 9.17) is 10.5 Å². The van der Waals surface area contributed by atoms with E-state index in [0.29, 0.717) is 0 Å². The van der Waals surface area contributed by atoms with E-state index in [-0.39, 0.29) is 17.9 Å². The summed E-state index contributed by atoms with van der Waals surface area (Å²) in [5.41, 5.74) is 5.18. The first-order chi connectivity index (χ1) is 7.00. The molecule has 3 N–H and O–H groups in total. The molecule has 0 aromatic heterocycles. The minimum atomic E-state index is -0.872. The van der Waals surface area contributed by atoms with Gasteiger partial charge in [0.15, 0.2) is 6.61 Å². The normalized spacial score (nSPS) is 12.2. The van der Waals surface area contributed by atoms with Crippen molar-refractivity contribution in [2.45, 2.75) is 13.0 Å². The first-order valence-corrected chi connectivity index (χ1v) is 4.39. The summed E-state index contributed by atoms with van der Waals surface area (Å²) in [4.78, 5) is 10.5. The molecular formula is C10H12FNO3. The number of carbonyl (C=O) groups excluding carboxylic acids is 1. The first kappa shape index (κ1) is 11.5. The molecule has 0 radical (unpaired) electrons. The fourth-order valence-electron chi connectivity index (χ4n) is 1.13. The van der Waals surface area contributed by atoms with Gasteiger partial charge in [0.25, 0.3) is 5.91 Å². The number of rotatable bonds is 4. The first-order valence-electron chi connectivity index (χ1n) is 4.39. The molecule has 0 aliphatic rings. The van der Waals surface area contributed by atoms with Gasteiger partial charge in [0.05, 0.1) is 6.10 Å². The zero-order chi connectivity index (χ0) is 11.4. The predicted octanol–water partition coefficient (Wildman–Crippen LogP) is 0.743. The fourth-order valence-corrected chi connectivity index (χ4v) is 1.13. The number of primary amides is 1. The summed E-state index contributed by atoms with van der Waals surface area (Å²) in [5, 5.41) is 9.33. The van der Waals surface area contributed by atoms with Crippen LogP contribution in [0, 0.1) is 5.82 Å². The second-order valence-electron chi connectivity index (χ2n) is 3.11.